The smallest absolute Gasteiger partial charge is 0.261 e. The number of nitrogens with zero attached hydrogens (tertiary/aromatic N) is 1. The van der Waals surface area contributed by atoms with Crippen molar-refractivity contribution in [3.05, 3.63) is 69.2 Å². The van der Waals surface area contributed by atoms with Crippen LogP contribution < -0.4 is 11.1 Å². The van der Waals surface area contributed by atoms with Gasteiger partial charge < -0.3 is 4.74 Å². The quantitative estimate of drug-likeness (QED) is 0.695. The van der Waals surface area contributed by atoms with E-state index < -0.39 is 0 Å². The molecule has 0 aliphatic heterocycles. The maximum absolute atomic E-state index is 12.8. The molecule has 0 fully saturated rings. The fraction of sp³-hybridized carbons (Fsp3) is 0.222. The van der Waals surface area contributed by atoms with Crippen molar-refractivity contribution in [3.63, 3.8) is 0 Å². The maximum Gasteiger partial charge on any atom is 0.261 e. The average Bonchev–Trinajstić information content (AvgIpc) is 2.65. The highest BCUT2D eigenvalue weighted by Gasteiger charge is 2.10. The number of fused-ring (bicyclic) bond motifs is 3. The first kappa shape index (κ1) is 14.5. The van der Waals surface area contributed by atoms with Gasteiger partial charge in [0.2, 0.25) is 0 Å². The van der Waals surface area contributed by atoms with Gasteiger partial charge in [0, 0.05) is 17.4 Å². The lowest BCUT2D eigenvalue weighted by atomic mass is 10.1. The number of benzene rings is 2. The molecule has 112 valence electrons. The summed E-state index contributed by atoms with van der Waals surface area (Å²) in [6.45, 7) is 3.05. The Kier molecular flexibility index (Phi) is 4.02. The minimum Gasteiger partial charge on any atom is -0.380 e. The van der Waals surface area contributed by atoms with Gasteiger partial charge in [-0.15, -0.1) is 0 Å². The second-order valence-corrected chi connectivity index (χ2v) is 5.05. The minimum atomic E-state index is -0.267. The summed E-state index contributed by atoms with van der Waals surface area (Å²) in [5.41, 5.74) is -0.534. The van der Waals surface area contributed by atoms with Crippen molar-refractivity contribution in [1.82, 2.24) is 4.57 Å². The molecule has 3 rings (SSSR count). The molecule has 4 nitrogen and oxygen atoms in total. The van der Waals surface area contributed by atoms with E-state index in [9.17, 15) is 9.59 Å². The van der Waals surface area contributed by atoms with Crippen LogP contribution in [0.5, 0.6) is 0 Å². The molecule has 0 aliphatic carbocycles. The lowest BCUT2D eigenvalue weighted by molar-refractivity contribution is 0.138. The minimum absolute atomic E-state index is 0.258. The van der Waals surface area contributed by atoms with Crippen LogP contribution in [0.2, 0.25) is 0 Å². The van der Waals surface area contributed by atoms with E-state index in [4.69, 9.17) is 4.74 Å². The normalized spacial score (nSPS) is 11.1. The summed E-state index contributed by atoms with van der Waals surface area (Å²) in [5, 5.41) is 2.71. The molecule has 0 N–H and O–H groups in total. The highest BCUT2D eigenvalue weighted by molar-refractivity contribution is 6.05. The van der Waals surface area contributed by atoms with E-state index in [-0.39, 0.29) is 17.7 Å². The second-order valence-electron chi connectivity index (χ2n) is 5.05. The van der Waals surface area contributed by atoms with Crippen LogP contribution in [0, 0.1) is 0 Å². The Bertz CT molecular complexity index is 871. The molecule has 0 aliphatic rings. The number of hydrogen-bond acceptors (Lipinski definition) is 3. The van der Waals surface area contributed by atoms with Crippen LogP contribution in [-0.4, -0.2) is 17.8 Å². The van der Waals surface area contributed by atoms with Crippen LogP contribution in [-0.2, 0) is 11.3 Å². The number of ether oxygens (including phenoxy) is 1. The first-order valence-corrected chi connectivity index (χ1v) is 7.36. The Hall–Kier alpha value is -2.46. The SMILES string of the molecule is CCOCCn1c(=O)c2ccccc2c2ccccc2c1=O. The van der Waals surface area contributed by atoms with Gasteiger partial charge >= 0.3 is 0 Å². The Morgan fingerprint density at radius 2 is 1.27 bits per heavy atom. The van der Waals surface area contributed by atoms with Gasteiger partial charge in [-0.3, -0.25) is 14.2 Å². The summed E-state index contributed by atoms with van der Waals surface area (Å²) < 4.78 is 6.58. The molecule has 22 heavy (non-hydrogen) atoms. The van der Waals surface area contributed by atoms with E-state index in [1.165, 1.54) is 4.57 Å². The molecule has 1 aromatic heterocycles. The molecule has 0 saturated heterocycles. The predicted molar refractivity (Wildman–Crippen MR) is 88.5 cm³/mol. The van der Waals surface area contributed by atoms with Crippen LogP contribution in [0.25, 0.3) is 21.5 Å². The van der Waals surface area contributed by atoms with Crippen LogP contribution in [0.1, 0.15) is 6.92 Å². The molecule has 0 atom stereocenters. The van der Waals surface area contributed by atoms with Gasteiger partial charge in [-0.1, -0.05) is 36.4 Å². The monoisotopic (exact) mass is 295 g/mol. The van der Waals surface area contributed by atoms with Crippen molar-refractivity contribution in [2.75, 3.05) is 13.2 Å². The largest absolute Gasteiger partial charge is 0.380 e. The van der Waals surface area contributed by atoms with Gasteiger partial charge in [-0.2, -0.15) is 0 Å². The van der Waals surface area contributed by atoms with E-state index in [1.807, 2.05) is 43.3 Å². The Labute approximate surface area is 127 Å². The van der Waals surface area contributed by atoms with Crippen molar-refractivity contribution < 1.29 is 4.74 Å². The summed E-state index contributed by atoms with van der Waals surface area (Å²) in [6, 6.07) is 14.7. The lowest BCUT2D eigenvalue weighted by Crippen LogP contribution is -2.31. The molecule has 0 amide bonds. The third kappa shape index (κ3) is 2.42. The zero-order valence-electron chi connectivity index (χ0n) is 12.4. The summed E-state index contributed by atoms with van der Waals surface area (Å²) in [4.78, 5) is 25.5. The van der Waals surface area contributed by atoms with Crippen molar-refractivity contribution in [2.24, 2.45) is 0 Å². The molecule has 2 aromatic carbocycles. The Morgan fingerprint density at radius 1 is 0.818 bits per heavy atom. The van der Waals surface area contributed by atoms with E-state index in [2.05, 4.69) is 0 Å². The van der Waals surface area contributed by atoms with E-state index in [1.54, 1.807) is 12.1 Å². The van der Waals surface area contributed by atoms with Gasteiger partial charge in [0.05, 0.1) is 13.2 Å². The molecule has 0 radical (unpaired) electrons. The van der Waals surface area contributed by atoms with Crippen LogP contribution in [0.3, 0.4) is 0 Å². The average molecular weight is 295 g/mol. The second kappa shape index (κ2) is 6.12. The molecule has 0 unspecified atom stereocenters. The zero-order valence-corrected chi connectivity index (χ0v) is 12.4. The third-order valence-corrected chi connectivity index (χ3v) is 3.76. The molecule has 0 spiro atoms. The highest BCUT2D eigenvalue weighted by atomic mass is 16.5. The molecule has 4 heteroatoms. The zero-order chi connectivity index (χ0) is 15.5. The third-order valence-electron chi connectivity index (χ3n) is 3.76. The molecule has 3 aromatic rings. The van der Waals surface area contributed by atoms with Gasteiger partial charge in [-0.25, -0.2) is 0 Å². The fourth-order valence-corrected chi connectivity index (χ4v) is 2.70. The fourth-order valence-electron chi connectivity index (χ4n) is 2.70. The van der Waals surface area contributed by atoms with Crippen LogP contribution in [0.15, 0.2) is 58.1 Å². The van der Waals surface area contributed by atoms with Crippen molar-refractivity contribution in [1.29, 1.82) is 0 Å². The first-order valence-electron chi connectivity index (χ1n) is 7.36. The first-order chi connectivity index (χ1) is 10.7. The summed E-state index contributed by atoms with van der Waals surface area (Å²) in [6.07, 6.45) is 0. The Morgan fingerprint density at radius 3 is 1.73 bits per heavy atom. The predicted octanol–water partition coefficient (Wildman–Crippen LogP) is 2.55. The van der Waals surface area contributed by atoms with Crippen molar-refractivity contribution >= 4 is 21.5 Å². The summed E-state index contributed by atoms with van der Waals surface area (Å²) in [7, 11) is 0. The molecule has 0 bridgehead atoms. The number of hydrogen-bond donors (Lipinski definition) is 0. The Balaban J connectivity index is 2.44. The lowest BCUT2D eigenvalue weighted by Gasteiger charge is -2.02. The standard InChI is InChI=1S/C18H17NO3/c1-2-22-12-11-19-17(20)15-9-5-3-7-13(15)14-8-4-6-10-16(14)18(19)21/h3-10H,2,11-12H2,1H3. The maximum atomic E-state index is 12.8. The summed E-state index contributed by atoms with van der Waals surface area (Å²) in [5.74, 6) is 0. The van der Waals surface area contributed by atoms with Gasteiger partial charge in [0.15, 0.2) is 0 Å². The van der Waals surface area contributed by atoms with Gasteiger partial charge in [-0.05, 0) is 29.8 Å². The topological polar surface area (TPSA) is 48.3 Å². The van der Waals surface area contributed by atoms with Crippen molar-refractivity contribution in [2.45, 2.75) is 13.5 Å². The van der Waals surface area contributed by atoms with Gasteiger partial charge in [0.25, 0.3) is 11.1 Å². The van der Waals surface area contributed by atoms with Crippen LogP contribution in [0.4, 0.5) is 0 Å². The molecular formula is C18H17NO3. The molecular weight excluding hydrogens is 278 g/mol. The van der Waals surface area contributed by atoms with Gasteiger partial charge in [0.1, 0.15) is 0 Å². The van der Waals surface area contributed by atoms with Crippen LogP contribution >= 0.6 is 0 Å². The highest BCUT2D eigenvalue weighted by Crippen LogP contribution is 2.18. The number of aromatic nitrogens is 1. The van der Waals surface area contributed by atoms with Crippen molar-refractivity contribution in [3.8, 4) is 0 Å². The van der Waals surface area contributed by atoms with E-state index in [0.717, 1.165) is 10.8 Å². The summed E-state index contributed by atoms with van der Waals surface area (Å²) >= 11 is 0. The van der Waals surface area contributed by atoms with E-state index >= 15 is 0 Å². The van der Waals surface area contributed by atoms with E-state index in [0.29, 0.717) is 24.0 Å². The number of rotatable bonds is 4. The molecule has 0 saturated carbocycles. The molecule has 1 heterocycles.